The largest absolute Gasteiger partial charge is 0.497 e. The molecule has 28 heavy (non-hydrogen) atoms. The van der Waals surface area contributed by atoms with E-state index in [1.807, 2.05) is 54.6 Å². The van der Waals surface area contributed by atoms with Crippen LogP contribution in [0.3, 0.4) is 0 Å². The predicted molar refractivity (Wildman–Crippen MR) is 110 cm³/mol. The lowest BCUT2D eigenvalue weighted by molar-refractivity contribution is -0.137. The fourth-order valence-corrected chi connectivity index (χ4v) is 3.67. The van der Waals surface area contributed by atoms with Crippen molar-refractivity contribution >= 4 is 29.4 Å². The van der Waals surface area contributed by atoms with Crippen LogP contribution in [0.1, 0.15) is 23.6 Å². The van der Waals surface area contributed by atoms with Crippen LogP contribution in [0.5, 0.6) is 5.75 Å². The van der Waals surface area contributed by atoms with E-state index >= 15 is 0 Å². The third-order valence-electron chi connectivity index (χ3n) is 4.45. The number of thioether (sulfide) groups is 1. The van der Waals surface area contributed by atoms with Crippen LogP contribution in [0.15, 0.2) is 59.7 Å². The Labute approximate surface area is 168 Å². The van der Waals surface area contributed by atoms with Crippen LogP contribution in [0.25, 0.3) is 0 Å². The Kier molecular flexibility index (Phi) is 6.71. The number of carbonyl (C=O) groups excluding carboxylic acids is 2. The molecular formula is C21H22N2O4S. The van der Waals surface area contributed by atoms with Gasteiger partial charge in [0.2, 0.25) is 0 Å². The van der Waals surface area contributed by atoms with Crippen molar-refractivity contribution in [2.45, 2.75) is 12.5 Å². The second-order valence-electron chi connectivity index (χ2n) is 6.21. The molecule has 7 heteroatoms. The molecule has 0 unspecified atom stereocenters. The molecule has 1 aliphatic heterocycles. The van der Waals surface area contributed by atoms with E-state index in [0.29, 0.717) is 6.42 Å². The Morgan fingerprint density at radius 1 is 1.07 bits per heavy atom. The van der Waals surface area contributed by atoms with Gasteiger partial charge in [-0.15, -0.1) is 11.8 Å². The summed E-state index contributed by atoms with van der Waals surface area (Å²) in [4.78, 5) is 24.1. The molecule has 0 aliphatic carbocycles. The molecule has 0 radical (unpaired) electrons. The molecule has 0 fully saturated rings. The number of esters is 1. The van der Waals surface area contributed by atoms with E-state index in [1.165, 1.54) is 23.9 Å². The minimum absolute atomic E-state index is 0.137. The average molecular weight is 398 g/mol. The standard InChI is InChI=1S/C21H22N2O4S/c1-26-17-10-8-16(9-11-17)19-12-18(15-6-4-3-5-7-15)22-23(19)20(24)13-28-14-21(25)27-2/h3-11,19H,12-14H2,1-2H3/t19-/m1/s1. The number of hydrogen-bond acceptors (Lipinski definition) is 6. The highest BCUT2D eigenvalue weighted by molar-refractivity contribution is 8.00. The zero-order chi connectivity index (χ0) is 19.9. The summed E-state index contributed by atoms with van der Waals surface area (Å²) in [5.41, 5.74) is 2.85. The molecule has 0 aromatic heterocycles. The van der Waals surface area contributed by atoms with Gasteiger partial charge in [0.05, 0.1) is 37.5 Å². The summed E-state index contributed by atoms with van der Waals surface area (Å²) < 4.78 is 9.85. The second-order valence-corrected chi connectivity index (χ2v) is 7.20. The average Bonchev–Trinajstić information content (AvgIpc) is 3.20. The van der Waals surface area contributed by atoms with E-state index in [1.54, 1.807) is 7.11 Å². The summed E-state index contributed by atoms with van der Waals surface area (Å²) in [6, 6.07) is 17.3. The van der Waals surface area contributed by atoms with Crippen molar-refractivity contribution in [1.82, 2.24) is 5.01 Å². The number of nitrogens with zero attached hydrogens (tertiary/aromatic N) is 2. The summed E-state index contributed by atoms with van der Waals surface area (Å²) in [6.07, 6.45) is 0.629. The Morgan fingerprint density at radius 3 is 2.43 bits per heavy atom. The van der Waals surface area contributed by atoms with E-state index in [4.69, 9.17) is 4.74 Å². The maximum Gasteiger partial charge on any atom is 0.315 e. The van der Waals surface area contributed by atoms with Crippen molar-refractivity contribution in [3.05, 3.63) is 65.7 Å². The van der Waals surface area contributed by atoms with Gasteiger partial charge in [-0.05, 0) is 23.3 Å². The SMILES string of the molecule is COC(=O)CSCC(=O)N1N=C(c2ccccc2)C[C@@H]1c1ccc(OC)cc1. The molecule has 2 aromatic rings. The smallest absolute Gasteiger partial charge is 0.315 e. The van der Waals surface area contributed by atoms with Crippen LogP contribution < -0.4 is 4.74 Å². The molecule has 0 saturated heterocycles. The van der Waals surface area contributed by atoms with Gasteiger partial charge in [-0.2, -0.15) is 5.10 Å². The second kappa shape index (κ2) is 9.41. The number of benzene rings is 2. The van der Waals surface area contributed by atoms with Gasteiger partial charge in [0.1, 0.15) is 5.75 Å². The van der Waals surface area contributed by atoms with E-state index in [0.717, 1.165) is 22.6 Å². The minimum Gasteiger partial charge on any atom is -0.497 e. The van der Waals surface area contributed by atoms with Crippen molar-refractivity contribution in [2.75, 3.05) is 25.7 Å². The zero-order valence-corrected chi connectivity index (χ0v) is 16.6. The van der Waals surface area contributed by atoms with Gasteiger partial charge in [0.15, 0.2) is 0 Å². The molecule has 0 spiro atoms. The molecule has 2 aromatic carbocycles. The number of methoxy groups -OCH3 is 2. The number of carbonyl (C=O) groups is 2. The van der Waals surface area contributed by atoms with Gasteiger partial charge in [0.25, 0.3) is 5.91 Å². The highest BCUT2D eigenvalue weighted by Gasteiger charge is 2.33. The quantitative estimate of drug-likeness (QED) is 0.670. The molecule has 6 nitrogen and oxygen atoms in total. The molecule has 0 bridgehead atoms. The molecule has 1 heterocycles. The summed E-state index contributed by atoms with van der Waals surface area (Å²) in [7, 11) is 2.96. The van der Waals surface area contributed by atoms with E-state index < -0.39 is 0 Å². The van der Waals surface area contributed by atoms with Crippen molar-refractivity contribution in [1.29, 1.82) is 0 Å². The summed E-state index contributed by atoms with van der Waals surface area (Å²) in [5.74, 6) is 0.573. The monoisotopic (exact) mass is 398 g/mol. The van der Waals surface area contributed by atoms with Crippen molar-refractivity contribution in [3.63, 3.8) is 0 Å². The van der Waals surface area contributed by atoms with Gasteiger partial charge >= 0.3 is 5.97 Å². The first kappa shape index (κ1) is 19.9. The molecule has 146 valence electrons. The summed E-state index contributed by atoms with van der Waals surface area (Å²) in [6.45, 7) is 0. The summed E-state index contributed by atoms with van der Waals surface area (Å²) in [5, 5.41) is 6.15. The molecule has 1 atom stereocenters. The van der Waals surface area contributed by atoms with Gasteiger partial charge in [0, 0.05) is 6.42 Å². The Balaban J connectivity index is 1.80. The molecule has 0 saturated carbocycles. The Morgan fingerprint density at radius 2 is 1.79 bits per heavy atom. The first-order valence-electron chi connectivity index (χ1n) is 8.86. The van der Waals surface area contributed by atoms with E-state index in [-0.39, 0.29) is 29.4 Å². The van der Waals surface area contributed by atoms with Crippen LogP contribution in [0.4, 0.5) is 0 Å². The fourth-order valence-electron chi connectivity index (χ4n) is 2.98. The molecular weight excluding hydrogens is 376 g/mol. The zero-order valence-electron chi connectivity index (χ0n) is 15.8. The number of hydrogen-bond donors (Lipinski definition) is 0. The lowest BCUT2D eigenvalue weighted by Crippen LogP contribution is -2.29. The molecule has 3 rings (SSSR count). The molecule has 1 aliphatic rings. The maximum absolute atomic E-state index is 12.8. The highest BCUT2D eigenvalue weighted by atomic mass is 32.2. The fraction of sp³-hybridized carbons (Fsp3) is 0.286. The van der Waals surface area contributed by atoms with Gasteiger partial charge < -0.3 is 9.47 Å². The van der Waals surface area contributed by atoms with Crippen LogP contribution in [0.2, 0.25) is 0 Å². The third-order valence-corrected chi connectivity index (χ3v) is 5.34. The van der Waals surface area contributed by atoms with Crippen LogP contribution in [-0.2, 0) is 14.3 Å². The number of ether oxygens (including phenoxy) is 2. The van der Waals surface area contributed by atoms with Gasteiger partial charge in [-0.1, -0.05) is 42.5 Å². The van der Waals surface area contributed by atoms with Crippen LogP contribution in [0, 0.1) is 0 Å². The Bertz CT molecular complexity index is 852. The summed E-state index contributed by atoms with van der Waals surface area (Å²) >= 11 is 1.23. The van der Waals surface area contributed by atoms with E-state index in [2.05, 4.69) is 9.84 Å². The van der Waals surface area contributed by atoms with E-state index in [9.17, 15) is 9.59 Å². The number of amides is 1. The van der Waals surface area contributed by atoms with Gasteiger partial charge in [-0.25, -0.2) is 5.01 Å². The molecule has 0 N–H and O–H groups in total. The first-order chi connectivity index (χ1) is 13.6. The highest BCUT2D eigenvalue weighted by Crippen LogP contribution is 2.34. The first-order valence-corrected chi connectivity index (χ1v) is 10.0. The minimum atomic E-state index is -0.348. The van der Waals surface area contributed by atoms with Crippen molar-refractivity contribution in [2.24, 2.45) is 5.10 Å². The van der Waals surface area contributed by atoms with Crippen molar-refractivity contribution < 1.29 is 19.1 Å². The normalized spacial score (nSPS) is 15.9. The maximum atomic E-state index is 12.8. The predicted octanol–water partition coefficient (Wildman–Crippen LogP) is 3.28. The topological polar surface area (TPSA) is 68.2 Å². The third kappa shape index (κ3) is 4.72. The number of hydrazone groups is 1. The Hall–Kier alpha value is -2.80. The number of rotatable bonds is 7. The lowest BCUT2D eigenvalue weighted by atomic mass is 9.98. The lowest BCUT2D eigenvalue weighted by Gasteiger charge is -2.22. The van der Waals surface area contributed by atoms with Gasteiger partial charge in [-0.3, -0.25) is 9.59 Å². The van der Waals surface area contributed by atoms with Crippen molar-refractivity contribution in [3.8, 4) is 5.75 Å². The van der Waals surface area contributed by atoms with Crippen LogP contribution >= 0.6 is 11.8 Å². The van der Waals surface area contributed by atoms with Crippen LogP contribution in [-0.4, -0.2) is 48.3 Å². The molecule has 1 amide bonds.